The van der Waals surface area contributed by atoms with E-state index in [1.807, 2.05) is 0 Å². The largest absolute Gasteiger partial charge is 0.490 e. The molecule has 0 radical (unpaired) electrons. The summed E-state index contributed by atoms with van der Waals surface area (Å²) in [6.07, 6.45) is 0. The first-order valence-electron chi connectivity index (χ1n) is 3.80. The molecule has 0 amide bonds. The predicted octanol–water partition coefficient (Wildman–Crippen LogP) is 1.17. The molecule has 5 heteroatoms. The van der Waals surface area contributed by atoms with Crippen LogP contribution in [0.25, 0.3) is 0 Å². The maximum Gasteiger partial charge on any atom is 0.349 e. The molecule has 0 aliphatic heterocycles. The van der Waals surface area contributed by atoms with Crippen molar-refractivity contribution in [2.45, 2.75) is 13.0 Å². The summed E-state index contributed by atoms with van der Waals surface area (Å²) < 4.78 is 5.20. The fraction of sp³-hybridized carbons (Fsp3) is 0.375. The number of hydrogen-bond donors (Lipinski definition) is 2. The minimum Gasteiger partial charge on any atom is -0.490 e. The van der Waals surface area contributed by atoms with Gasteiger partial charge < -0.3 is 15.6 Å². The van der Waals surface area contributed by atoms with E-state index in [1.54, 1.807) is 18.4 Å². The molecule has 0 saturated heterocycles. The minimum atomic E-state index is -0.963. The van der Waals surface area contributed by atoms with Crippen molar-refractivity contribution in [3.8, 4) is 5.75 Å². The summed E-state index contributed by atoms with van der Waals surface area (Å²) in [5.41, 5.74) is 5.47. The molecule has 0 spiro atoms. The van der Waals surface area contributed by atoms with Crippen LogP contribution in [0.1, 0.15) is 16.6 Å². The Morgan fingerprint density at radius 2 is 2.54 bits per heavy atom. The van der Waals surface area contributed by atoms with Crippen molar-refractivity contribution in [1.82, 2.24) is 0 Å². The fourth-order valence-corrected chi connectivity index (χ4v) is 1.46. The summed E-state index contributed by atoms with van der Waals surface area (Å²) in [5.74, 6) is -0.565. The molecule has 0 saturated carbocycles. The summed E-state index contributed by atoms with van der Waals surface area (Å²) in [6.45, 7) is 2.13. The van der Waals surface area contributed by atoms with Crippen LogP contribution < -0.4 is 10.5 Å². The topological polar surface area (TPSA) is 72.5 Å². The van der Waals surface area contributed by atoms with E-state index in [0.29, 0.717) is 12.4 Å². The van der Waals surface area contributed by atoms with Crippen LogP contribution in [-0.2, 0) is 0 Å². The lowest BCUT2D eigenvalue weighted by Gasteiger charge is -2.07. The third-order valence-electron chi connectivity index (χ3n) is 1.33. The molecule has 1 unspecified atom stereocenters. The van der Waals surface area contributed by atoms with Crippen molar-refractivity contribution in [2.24, 2.45) is 5.73 Å². The number of carboxylic acid groups (broad SMARTS) is 1. The number of thiophene rings is 1. The molecule has 1 aromatic heterocycles. The highest BCUT2D eigenvalue weighted by Crippen LogP contribution is 2.24. The van der Waals surface area contributed by atoms with Gasteiger partial charge in [-0.15, -0.1) is 11.3 Å². The molecule has 4 nitrogen and oxygen atoms in total. The van der Waals surface area contributed by atoms with Gasteiger partial charge in [0.2, 0.25) is 0 Å². The van der Waals surface area contributed by atoms with E-state index >= 15 is 0 Å². The quantitative estimate of drug-likeness (QED) is 0.767. The second kappa shape index (κ2) is 4.25. The molecule has 1 rings (SSSR count). The van der Waals surface area contributed by atoms with E-state index < -0.39 is 5.97 Å². The SMILES string of the molecule is CC(N)COc1ccsc1C(=O)O. The first kappa shape index (κ1) is 10.0. The highest BCUT2D eigenvalue weighted by molar-refractivity contribution is 7.12. The van der Waals surface area contributed by atoms with E-state index in [2.05, 4.69) is 0 Å². The van der Waals surface area contributed by atoms with Crippen LogP contribution >= 0.6 is 11.3 Å². The number of aromatic carboxylic acids is 1. The lowest BCUT2D eigenvalue weighted by Crippen LogP contribution is -2.23. The standard InChI is InChI=1S/C8H11NO3S/c1-5(9)4-12-6-2-3-13-7(6)8(10)11/h2-3,5H,4,9H2,1H3,(H,10,11). The Balaban J connectivity index is 2.65. The van der Waals surface area contributed by atoms with Crippen molar-refractivity contribution in [2.75, 3.05) is 6.61 Å². The average molecular weight is 201 g/mol. The van der Waals surface area contributed by atoms with Crippen LogP contribution in [0, 0.1) is 0 Å². The molecule has 0 aliphatic carbocycles. The maximum absolute atomic E-state index is 10.6. The molecule has 1 atom stereocenters. The molecule has 3 N–H and O–H groups in total. The summed E-state index contributed by atoms with van der Waals surface area (Å²) in [7, 11) is 0. The molecule has 1 aromatic rings. The molecule has 0 fully saturated rings. The van der Waals surface area contributed by atoms with Gasteiger partial charge in [-0.25, -0.2) is 4.79 Å². The molecular weight excluding hydrogens is 190 g/mol. The second-order valence-electron chi connectivity index (χ2n) is 2.71. The zero-order valence-electron chi connectivity index (χ0n) is 7.19. The van der Waals surface area contributed by atoms with Gasteiger partial charge in [0.1, 0.15) is 12.4 Å². The first-order chi connectivity index (χ1) is 6.11. The smallest absolute Gasteiger partial charge is 0.349 e. The van der Waals surface area contributed by atoms with E-state index in [0.717, 1.165) is 11.3 Å². The number of carbonyl (C=O) groups is 1. The molecular formula is C8H11NO3S. The van der Waals surface area contributed by atoms with Crippen LogP contribution in [0.5, 0.6) is 5.75 Å². The minimum absolute atomic E-state index is 0.0958. The zero-order chi connectivity index (χ0) is 9.84. The van der Waals surface area contributed by atoms with Crippen molar-refractivity contribution in [1.29, 1.82) is 0 Å². The van der Waals surface area contributed by atoms with Crippen LogP contribution in [0.4, 0.5) is 0 Å². The lowest BCUT2D eigenvalue weighted by atomic mass is 10.4. The van der Waals surface area contributed by atoms with Crippen molar-refractivity contribution in [3.05, 3.63) is 16.3 Å². The van der Waals surface area contributed by atoms with E-state index in [-0.39, 0.29) is 10.9 Å². The summed E-state index contributed by atoms with van der Waals surface area (Å²) >= 11 is 1.14. The Bertz CT molecular complexity index is 295. The van der Waals surface area contributed by atoms with Crippen molar-refractivity contribution >= 4 is 17.3 Å². The highest BCUT2D eigenvalue weighted by atomic mass is 32.1. The van der Waals surface area contributed by atoms with Crippen molar-refractivity contribution in [3.63, 3.8) is 0 Å². The molecule has 13 heavy (non-hydrogen) atoms. The Kier molecular flexibility index (Phi) is 3.27. The third-order valence-corrected chi connectivity index (χ3v) is 2.21. The van der Waals surface area contributed by atoms with Gasteiger partial charge in [-0.2, -0.15) is 0 Å². The van der Waals surface area contributed by atoms with Crippen LogP contribution in [0.2, 0.25) is 0 Å². The van der Waals surface area contributed by atoms with E-state index in [1.165, 1.54) is 0 Å². The maximum atomic E-state index is 10.6. The highest BCUT2D eigenvalue weighted by Gasteiger charge is 2.12. The van der Waals surface area contributed by atoms with Crippen molar-refractivity contribution < 1.29 is 14.6 Å². The third kappa shape index (κ3) is 2.71. The van der Waals surface area contributed by atoms with Crippen LogP contribution in [0.3, 0.4) is 0 Å². The Labute approximate surface area is 79.9 Å². The first-order valence-corrected chi connectivity index (χ1v) is 4.68. The average Bonchev–Trinajstić information content (AvgIpc) is 2.47. The van der Waals surface area contributed by atoms with Crippen LogP contribution in [-0.4, -0.2) is 23.7 Å². The monoisotopic (exact) mass is 201 g/mol. The molecule has 1 heterocycles. The van der Waals surface area contributed by atoms with Gasteiger partial charge in [0.15, 0.2) is 4.88 Å². The summed E-state index contributed by atoms with van der Waals surface area (Å²) in [6, 6.07) is 1.54. The number of ether oxygens (including phenoxy) is 1. The number of carboxylic acids is 1. The van der Waals surface area contributed by atoms with Gasteiger partial charge in [-0.05, 0) is 18.4 Å². The zero-order valence-corrected chi connectivity index (χ0v) is 8.00. The molecule has 0 aliphatic rings. The lowest BCUT2D eigenvalue weighted by molar-refractivity contribution is 0.0697. The van der Waals surface area contributed by atoms with E-state index in [4.69, 9.17) is 15.6 Å². The molecule has 0 aromatic carbocycles. The molecule has 0 bridgehead atoms. The van der Waals surface area contributed by atoms with Gasteiger partial charge >= 0.3 is 5.97 Å². The van der Waals surface area contributed by atoms with Gasteiger partial charge in [0.05, 0.1) is 0 Å². The Morgan fingerprint density at radius 1 is 1.85 bits per heavy atom. The van der Waals surface area contributed by atoms with E-state index in [9.17, 15) is 4.79 Å². The Hall–Kier alpha value is -1.07. The van der Waals surface area contributed by atoms with Crippen LogP contribution in [0.15, 0.2) is 11.4 Å². The molecule has 72 valence electrons. The normalized spacial score (nSPS) is 12.5. The predicted molar refractivity (Wildman–Crippen MR) is 50.4 cm³/mol. The van der Waals surface area contributed by atoms with Gasteiger partial charge in [0.25, 0.3) is 0 Å². The van der Waals surface area contributed by atoms with Gasteiger partial charge in [-0.3, -0.25) is 0 Å². The number of nitrogens with two attached hydrogens (primary N) is 1. The number of rotatable bonds is 4. The fourth-order valence-electron chi connectivity index (χ4n) is 0.788. The summed E-state index contributed by atoms with van der Waals surface area (Å²) in [5, 5.41) is 10.4. The van der Waals surface area contributed by atoms with Gasteiger partial charge in [0, 0.05) is 6.04 Å². The Morgan fingerprint density at radius 3 is 3.08 bits per heavy atom. The number of hydrogen-bond acceptors (Lipinski definition) is 4. The van der Waals surface area contributed by atoms with Gasteiger partial charge in [-0.1, -0.05) is 0 Å². The summed E-state index contributed by atoms with van der Waals surface area (Å²) in [4.78, 5) is 10.8. The second-order valence-corrected chi connectivity index (χ2v) is 3.62.